The summed E-state index contributed by atoms with van der Waals surface area (Å²) in [6.45, 7) is -0.522. The lowest BCUT2D eigenvalue weighted by Crippen LogP contribution is -2.27. The van der Waals surface area contributed by atoms with E-state index >= 15 is 0 Å². The number of rotatable bonds is 6. The second-order valence-corrected chi connectivity index (χ2v) is 6.58. The average molecular weight is 403 g/mol. The van der Waals surface area contributed by atoms with Crippen LogP contribution < -0.4 is 14.4 Å². The van der Waals surface area contributed by atoms with Crippen LogP contribution in [0, 0.1) is 5.82 Å². The first kappa shape index (κ1) is 19.4. The molecule has 144 valence electrons. The predicted molar refractivity (Wildman–Crippen MR) is 101 cm³/mol. The molecular formula is C19H14FNO6S. The van der Waals surface area contributed by atoms with Crippen molar-refractivity contribution < 1.29 is 33.4 Å². The van der Waals surface area contributed by atoms with Crippen LogP contribution in [0.15, 0.2) is 47.4 Å². The number of nitrogens with zero attached hydrogens (tertiary/aromatic N) is 1. The normalized spacial score (nSPS) is 15.2. The highest BCUT2D eigenvalue weighted by Crippen LogP contribution is 2.37. The topological polar surface area (TPSA) is 93.1 Å². The third-order valence-electron chi connectivity index (χ3n) is 3.72. The zero-order valence-electron chi connectivity index (χ0n) is 14.5. The summed E-state index contributed by atoms with van der Waals surface area (Å²) in [5, 5.41) is 8.21. The van der Waals surface area contributed by atoms with Crippen LogP contribution in [0.2, 0.25) is 0 Å². The Morgan fingerprint density at radius 1 is 1.18 bits per heavy atom. The molecule has 0 saturated carbocycles. The Morgan fingerprint density at radius 3 is 2.54 bits per heavy atom. The fraction of sp³-hybridized carbons (Fsp3) is 0.105. The van der Waals surface area contributed by atoms with E-state index in [2.05, 4.69) is 0 Å². The highest BCUT2D eigenvalue weighted by molar-refractivity contribution is 8.19. The van der Waals surface area contributed by atoms with Crippen molar-refractivity contribution in [2.75, 3.05) is 18.6 Å². The molecule has 3 rings (SSSR count). The minimum absolute atomic E-state index is 0.190. The number of carboxylic acids is 1. The van der Waals surface area contributed by atoms with Crippen molar-refractivity contribution in [2.24, 2.45) is 0 Å². The van der Waals surface area contributed by atoms with Crippen LogP contribution in [0.4, 0.5) is 14.9 Å². The summed E-state index contributed by atoms with van der Waals surface area (Å²) in [4.78, 5) is 36.6. The number of thioether (sulfide) groups is 1. The number of carboxylic acid groups (broad SMARTS) is 1. The van der Waals surface area contributed by atoms with Gasteiger partial charge >= 0.3 is 5.97 Å². The van der Waals surface area contributed by atoms with Crippen LogP contribution in [0.1, 0.15) is 5.56 Å². The lowest BCUT2D eigenvalue weighted by molar-refractivity contribution is -0.139. The lowest BCUT2D eigenvalue weighted by Gasteiger charge is -2.12. The average Bonchev–Trinajstić information content (AvgIpc) is 2.94. The maximum absolute atomic E-state index is 13.1. The first-order chi connectivity index (χ1) is 13.4. The number of methoxy groups -OCH3 is 1. The number of benzene rings is 2. The second-order valence-electron chi connectivity index (χ2n) is 5.59. The van der Waals surface area contributed by atoms with E-state index in [4.69, 9.17) is 14.6 Å². The quantitative estimate of drug-likeness (QED) is 0.738. The zero-order valence-corrected chi connectivity index (χ0v) is 15.4. The third kappa shape index (κ3) is 4.15. The van der Waals surface area contributed by atoms with Crippen molar-refractivity contribution in [1.82, 2.24) is 0 Å². The molecule has 1 aliphatic rings. The second kappa shape index (κ2) is 8.13. The van der Waals surface area contributed by atoms with Gasteiger partial charge in [0.1, 0.15) is 5.82 Å². The van der Waals surface area contributed by atoms with Gasteiger partial charge in [0.2, 0.25) is 0 Å². The minimum atomic E-state index is -1.12. The Morgan fingerprint density at radius 2 is 1.89 bits per heavy atom. The van der Waals surface area contributed by atoms with Gasteiger partial charge in [0.05, 0.1) is 17.7 Å². The van der Waals surface area contributed by atoms with E-state index in [9.17, 15) is 18.8 Å². The Kier molecular flexibility index (Phi) is 5.65. The molecule has 1 heterocycles. The summed E-state index contributed by atoms with van der Waals surface area (Å²) in [6.07, 6.45) is 1.51. The molecule has 0 unspecified atom stereocenters. The fourth-order valence-electron chi connectivity index (χ4n) is 2.46. The van der Waals surface area contributed by atoms with E-state index in [0.29, 0.717) is 5.56 Å². The molecule has 1 fully saturated rings. The number of ether oxygens (including phenoxy) is 2. The van der Waals surface area contributed by atoms with Gasteiger partial charge in [-0.3, -0.25) is 9.59 Å². The highest BCUT2D eigenvalue weighted by atomic mass is 32.2. The van der Waals surface area contributed by atoms with Crippen LogP contribution >= 0.6 is 11.8 Å². The first-order valence-corrected chi connectivity index (χ1v) is 8.77. The number of carbonyl (C=O) groups is 3. The maximum Gasteiger partial charge on any atom is 0.341 e. The summed E-state index contributed by atoms with van der Waals surface area (Å²) in [5.74, 6) is -1.59. The van der Waals surface area contributed by atoms with Gasteiger partial charge in [-0.1, -0.05) is 6.07 Å². The first-order valence-electron chi connectivity index (χ1n) is 7.95. The summed E-state index contributed by atoms with van der Waals surface area (Å²) in [6, 6.07) is 9.72. The molecule has 2 aromatic carbocycles. The van der Waals surface area contributed by atoms with Crippen LogP contribution in [0.25, 0.3) is 6.08 Å². The smallest absolute Gasteiger partial charge is 0.341 e. The molecule has 0 radical (unpaired) electrons. The monoisotopic (exact) mass is 403 g/mol. The van der Waals surface area contributed by atoms with E-state index in [-0.39, 0.29) is 22.1 Å². The zero-order chi connectivity index (χ0) is 20.3. The van der Waals surface area contributed by atoms with Crippen LogP contribution in [-0.2, 0) is 9.59 Å². The van der Waals surface area contributed by atoms with Gasteiger partial charge in [-0.05, 0) is 59.8 Å². The van der Waals surface area contributed by atoms with Gasteiger partial charge in [0, 0.05) is 0 Å². The summed E-state index contributed by atoms with van der Waals surface area (Å²) in [7, 11) is 1.40. The molecule has 0 atom stereocenters. The Balaban J connectivity index is 1.85. The molecule has 0 spiro atoms. The number of imide groups is 1. The van der Waals surface area contributed by atoms with E-state index in [1.54, 1.807) is 12.1 Å². The molecule has 0 bridgehead atoms. The third-order valence-corrected chi connectivity index (χ3v) is 4.58. The van der Waals surface area contributed by atoms with Gasteiger partial charge in [-0.15, -0.1) is 0 Å². The number of amides is 2. The van der Waals surface area contributed by atoms with Crippen molar-refractivity contribution in [1.29, 1.82) is 0 Å². The van der Waals surface area contributed by atoms with Crippen LogP contribution in [-0.4, -0.2) is 35.9 Å². The lowest BCUT2D eigenvalue weighted by atomic mass is 10.2. The molecular weight excluding hydrogens is 389 g/mol. The van der Waals surface area contributed by atoms with E-state index in [0.717, 1.165) is 16.7 Å². The van der Waals surface area contributed by atoms with Crippen molar-refractivity contribution >= 4 is 40.6 Å². The van der Waals surface area contributed by atoms with Crippen molar-refractivity contribution in [2.45, 2.75) is 0 Å². The Labute approximate surface area is 163 Å². The molecule has 0 aliphatic carbocycles. The van der Waals surface area contributed by atoms with Gasteiger partial charge in [0.15, 0.2) is 18.1 Å². The number of hydrogen-bond donors (Lipinski definition) is 1. The molecule has 1 aliphatic heterocycles. The molecule has 2 amide bonds. The van der Waals surface area contributed by atoms with Crippen molar-refractivity contribution in [3.63, 3.8) is 0 Å². The van der Waals surface area contributed by atoms with Crippen LogP contribution in [0.5, 0.6) is 11.5 Å². The molecule has 28 heavy (non-hydrogen) atoms. The van der Waals surface area contributed by atoms with E-state index in [1.807, 2.05) is 0 Å². The molecule has 1 saturated heterocycles. The van der Waals surface area contributed by atoms with Gasteiger partial charge in [-0.25, -0.2) is 14.1 Å². The minimum Gasteiger partial charge on any atom is -0.493 e. The van der Waals surface area contributed by atoms with E-state index < -0.39 is 29.5 Å². The molecule has 1 N–H and O–H groups in total. The number of halogens is 1. The Bertz CT molecular complexity index is 973. The summed E-state index contributed by atoms with van der Waals surface area (Å²) < 4.78 is 23.4. The highest BCUT2D eigenvalue weighted by Gasteiger charge is 2.36. The number of aliphatic carboxylic acids is 1. The predicted octanol–water partition coefficient (Wildman–Crippen LogP) is 3.54. The summed E-state index contributed by atoms with van der Waals surface area (Å²) in [5.41, 5.74) is 0.839. The Hall–Kier alpha value is -3.33. The molecule has 7 nitrogen and oxygen atoms in total. The van der Waals surface area contributed by atoms with Gasteiger partial charge < -0.3 is 14.6 Å². The largest absolute Gasteiger partial charge is 0.493 e. The van der Waals surface area contributed by atoms with E-state index in [1.165, 1.54) is 43.5 Å². The van der Waals surface area contributed by atoms with Crippen LogP contribution in [0.3, 0.4) is 0 Å². The molecule has 2 aromatic rings. The standard InChI is InChI=1S/C19H14FNO6S/c1-26-15-8-11(2-7-14(15)27-10-17(22)23)9-16-18(24)21(19(25)28-16)13-5-3-12(20)4-6-13/h2-9H,10H2,1H3,(H,22,23)/b16-9+. The molecule has 0 aromatic heterocycles. The number of anilines is 1. The fourth-order valence-corrected chi connectivity index (χ4v) is 3.31. The number of hydrogen-bond acceptors (Lipinski definition) is 6. The number of carbonyl (C=O) groups excluding carboxylic acids is 2. The van der Waals surface area contributed by atoms with Gasteiger partial charge in [0.25, 0.3) is 11.1 Å². The SMILES string of the molecule is COc1cc(/C=C2/SC(=O)N(c3ccc(F)cc3)C2=O)ccc1OCC(=O)O. The van der Waals surface area contributed by atoms with Crippen molar-refractivity contribution in [3.05, 3.63) is 58.8 Å². The van der Waals surface area contributed by atoms with Gasteiger partial charge in [-0.2, -0.15) is 0 Å². The van der Waals surface area contributed by atoms with Crippen molar-refractivity contribution in [3.8, 4) is 11.5 Å². The maximum atomic E-state index is 13.1. The summed E-state index contributed by atoms with van der Waals surface area (Å²) >= 11 is 0.763. The molecule has 9 heteroatoms.